The topological polar surface area (TPSA) is 84.0 Å². The molecule has 0 amide bonds. The Morgan fingerprint density at radius 2 is 1.67 bits per heavy atom. The van der Waals surface area contributed by atoms with Gasteiger partial charge in [0.05, 0.1) is 17.3 Å². The summed E-state index contributed by atoms with van der Waals surface area (Å²) in [5.41, 5.74) is 0.652. The second-order valence-electron chi connectivity index (χ2n) is 5.52. The molecule has 136 valence electrons. The molecule has 1 aliphatic rings. The van der Waals surface area contributed by atoms with E-state index < -0.39 is 20.0 Å². The predicted molar refractivity (Wildman–Crippen MR) is 94.9 cm³/mol. The van der Waals surface area contributed by atoms with Gasteiger partial charge in [0.2, 0.25) is 20.0 Å². The first-order chi connectivity index (χ1) is 11.2. The molecule has 24 heavy (non-hydrogen) atoms. The van der Waals surface area contributed by atoms with Crippen LogP contribution in [-0.4, -0.2) is 71.1 Å². The van der Waals surface area contributed by atoms with Gasteiger partial charge in [-0.2, -0.15) is 8.61 Å². The number of halogens is 1. The van der Waals surface area contributed by atoms with Gasteiger partial charge in [-0.3, -0.25) is 0 Å². The van der Waals surface area contributed by atoms with Crippen LogP contribution in [0.4, 0.5) is 0 Å². The highest BCUT2D eigenvalue weighted by Gasteiger charge is 2.33. The molecule has 10 heteroatoms. The van der Waals surface area contributed by atoms with Crippen LogP contribution < -0.4 is 0 Å². The van der Waals surface area contributed by atoms with Crippen LogP contribution >= 0.6 is 15.9 Å². The Morgan fingerprint density at radius 1 is 1.08 bits per heavy atom. The maximum absolute atomic E-state index is 12.8. The third-order valence-corrected chi connectivity index (χ3v) is 8.28. The monoisotopic (exact) mass is 440 g/mol. The van der Waals surface area contributed by atoms with Crippen molar-refractivity contribution in [3.63, 3.8) is 0 Å². The second-order valence-corrected chi connectivity index (χ2v) is 10.4. The molecule has 1 aromatic carbocycles. The Labute approximate surface area is 151 Å². The molecule has 0 aromatic heterocycles. The summed E-state index contributed by atoms with van der Waals surface area (Å²) in [6.45, 7) is 2.46. The van der Waals surface area contributed by atoms with Crippen molar-refractivity contribution in [3.05, 3.63) is 28.2 Å². The van der Waals surface area contributed by atoms with E-state index in [-0.39, 0.29) is 43.4 Å². The number of sulfonamides is 2. The van der Waals surface area contributed by atoms with Crippen molar-refractivity contribution in [2.24, 2.45) is 0 Å². The lowest BCUT2D eigenvalue weighted by molar-refractivity contribution is 0.213. The lowest BCUT2D eigenvalue weighted by Gasteiger charge is -2.33. The molecule has 0 saturated carbocycles. The molecule has 1 aromatic rings. The summed E-state index contributed by atoms with van der Waals surface area (Å²) in [5, 5.41) is 0. The molecule has 0 bridgehead atoms. The fraction of sp³-hybridized carbons (Fsp3) is 0.571. The Kier molecular flexibility index (Phi) is 6.43. The van der Waals surface area contributed by atoms with E-state index in [2.05, 4.69) is 15.9 Å². The van der Waals surface area contributed by atoms with E-state index in [0.29, 0.717) is 5.56 Å². The van der Waals surface area contributed by atoms with E-state index in [9.17, 15) is 16.8 Å². The van der Waals surface area contributed by atoms with E-state index in [1.165, 1.54) is 15.7 Å². The van der Waals surface area contributed by atoms with E-state index in [1.807, 2.05) is 0 Å². The summed E-state index contributed by atoms with van der Waals surface area (Å²) >= 11 is 3.32. The largest absolute Gasteiger partial charge is 0.384 e. The fourth-order valence-corrected chi connectivity index (χ4v) is 6.01. The SMILES string of the molecule is COCCS(=O)(=O)N1CCN(S(=O)(=O)c2ccc(Br)cc2C)CC1. The summed E-state index contributed by atoms with van der Waals surface area (Å²) in [5.74, 6) is -0.0952. The van der Waals surface area contributed by atoms with Crippen molar-refractivity contribution in [3.8, 4) is 0 Å². The average molecular weight is 441 g/mol. The molecule has 0 radical (unpaired) electrons. The van der Waals surface area contributed by atoms with E-state index >= 15 is 0 Å². The van der Waals surface area contributed by atoms with Crippen molar-refractivity contribution in [2.45, 2.75) is 11.8 Å². The molecule has 0 aliphatic carbocycles. The van der Waals surface area contributed by atoms with Crippen LogP contribution in [0.3, 0.4) is 0 Å². The van der Waals surface area contributed by atoms with Gasteiger partial charge in [-0.1, -0.05) is 15.9 Å². The number of methoxy groups -OCH3 is 1. The first-order valence-corrected chi connectivity index (χ1v) is 11.3. The smallest absolute Gasteiger partial charge is 0.243 e. The van der Waals surface area contributed by atoms with Gasteiger partial charge in [-0.25, -0.2) is 16.8 Å². The van der Waals surface area contributed by atoms with Crippen LogP contribution in [0.15, 0.2) is 27.6 Å². The van der Waals surface area contributed by atoms with Gasteiger partial charge in [0.1, 0.15) is 0 Å². The molecular formula is C14H21BrN2O5S2. The second kappa shape index (κ2) is 7.79. The molecular weight excluding hydrogens is 420 g/mol. The summed E-state index contributed by atoms with van der Waals surface area (Å²) in [4.78, 5) is 0.251. The molecule has 2 rings (SSSR count). The molecule has 7 nitrogen and oxygen atoms in total. The third-order valence-electron chi connectivity index (χ3n) is 3.89. The standard InChI is InChI=1S/C14H21BrN2O5S2/c1-12-11-13(15)3-4-14(12)24(20,21)17-7-5-16(6-8-17)23(18,19)10-9-22-2/h3-4,11H,5-10H2,1-2H3. The quantitative estimate of drug-likeness (QED) is 0.659. The van der Waals surface area contributed by atoms with Crippen molar-refractivity contribution in [1.82, 2.24) is 8.61 Å². The minimum atomic E-state index is -3.63. The van der Waals surface area contributed by atoms with Gasteiger partial charge in [-0.05, 0) is 30.7 Å². The first-order valence-electron chi connectivity index (χ1n) is 7.41. The van der Waals surface area contributed by atoms with Crippen molar-refractivity contribution in [2.75, 3.05) is 45.6 Å². The summed E-state index contributed by atoms with van der Waals surface area (Å²) in [6, 6.07) is 5.00. The van der Waals surface area contributed by atoms with Crippen molar-refractivity contribution in [1.29, 1.82) is 0 Å². The van der Waals surface area contributed by atoms with Crippen LogP contribution in [0, 0.1) is 6.92 Å². The molecule has 0 N–H and O–H groups in total. The number of rotatable bonds is 6. The maximum atomic E-state index is 12.8. The van der Waals surface area contributed by atoms with Crippen LogP contribution in [0.1, 0.15) is 5.56 Å². The molecule has 1 aliphatic heterocycles. The van der Waals surface area contributed by atoms with E-state index in [1.54, 1.807) is 25.1 Å². The van der Waals surface area contributed by atoms with E-state index in [4.69, 9.17) is 4.74 Å². The number of aryl methyl sites for hydroxylation is 1. The zero-order valence-electron chi connectivity index (χ0n) is 13.6. The van der Waals surface area contributed by atoms with Gasteiger partial charge in [0.25, 0.3) is 0 Å². The van der Waals surface area contributed by atoms with Crippen LogP contribution in [0.5, 0.6) is 0 Å². The summed E-state index contributed by atoms with van der Waals surface area (Å²) in [7, 11) is -5.60. The number of nitrogens with zero attached hydrogens (tertiary/aromatic N) is 2. The van der Waals surface area contributed by atoms with Crippen molar-refractivity contribution < 1.29 is 21.6 Å². The maximum Gasteiger partial charge on any atom is 0.243 e. The minimum Gasteiger partial charge on any atom is -0.384 e. The number of hydrogen-bond acceptors (Lipinski definition) is 5. The average Bonchev–Trinajstić information content (AvgIpc) is 2.52. The highest BCUT2D eigenvalue weighted by Crippen LogP contribution is 2.24. The van der Waals surface area contributed by atoms with Crippen LogP contribution in [0.25, 0.3) is 0 Å². The lowest BCUT2D eigenvalue weighted by Crippen LogP contribution is -2.51. The molecule has 0 atom stereocenters. The Bertz CT molecular complexity index is 787. The van der Waals surface area contributed by atoms with Crippen molar-refractivity contribution >= 4 is 36.0 Å². The Hall–Kier alpha value is -0.520. The molecule has 1 saturated heterocycles. The Balaban J connectivity index is 2.11. The van der Waals surface area contributed by atoms with Gasteiger partial charge in [0, 0.05) is 37.8 Å². The summed E-state index contributed by atoms with van der Waals surface area (Å²) in [6.07, 6.45) is 0. The van der Waals surface area contributed by atoms with Gasteiger partial charge >= 0.3 is 0 Å². The molecule has 0 unspecified atom stereocenters. The number of ether oxygens (including phenoxy) is 1. The van der Waals surface area contributed by atoms with Crippen LogP contribution in [0.2, 0.25) is 0 Å². The van der Waals surface area contributed by atoms with Crippen LogP contribution in [-0.2, 0) is 24.8 Å². The van der Waals surface area contributed by atoms with Gasteiger partial charge in [0.15, 0.2) is 0 Å². The molecule has 0 spiro atoms. The lowest BCUT2D eigenvalue weighted by atomic mass is 10.2. The number of piperazine rings is 1. The fourth-order valence-electron chi connectivity index (χ4n) is 2.55. The number of hydrogen-bond donors (Lipinski definition) is 0. The summed E-state index contributed by atoms with van der Waals surface area (Å²) < 4.78 is 58.1. The molecule has 1 heterocycles. The predicted octanol–water partition coefficient (Wildman–Crippen LogP) is 1.04. The van der Waals surface area contributed by atoms with E-state index in [0.717, 1.165) is 4.47 Å². The number of benzene rings is 1. The normalized spacial score (nSPS) is 18.0. The zero-order chi connectivity index (χ0) is 18.0. The highest BCUT2D eigenvalue weighted by atomic mass is 79.9. The Morgan fingerprint density at radius 3 is 2.21 bits per heavy atom. The zero-order valence-corrected chi connectivity index (χ0v) is 16.8. The highest BCUT2D eigenvalue weighted by molar-refractivity contribution is 9.10. The minimum absolute atomic E-state index is 0.0952. The van der Waals surface area contributed by atoms with Gasteiger partial charge in [-0.15, -0.1) is 0 Å². The molecule has 1 fully saturated rings. The first kappa shape index (κ1) is 19.8. The third kappa shape index (κ3) is 4.36. The van der Waals surface area contributed by atoms with Gasteiger partial charge < -0.3 is 4.74 Å².